The Balaban J connectivity index is 2.28. The van der Waals surface area contributed by atoms with Gasteiger partial charge in [-0.2, -0.15) is 5.10 Å². The summed E-state index contributed by atoms with van der Waals surface area (Å²) in [7, 11) is -3.28. The Morgan fingerprint density at radius 3 is 2.71 bits per heavy atom. The van der Waals surface area contributed by atoms with Gasteiger partial charge in [0.05, 0.1) is 23.3 Å². The number of anilines is 1. The van der Waals surface area contributed by atoms with Gasteiger partial charge in [-0.3, -0.25) is 9.78 Å². The third kappa shape index (κ3) is 4.12. The molecule has 0 aliphatic heterocycles. The van der Waals surface area contributed by atoms with Crippen LogP contribution in [0, 0.1) is 0 Å². The lowest BCUT2D eigenvalue weighted by Gasteiger charge is -2.21. The molecule has 0 saturated carbocycles. The Morgan fingerprint density at radius 2 is 2.17 bits per heavy atom. The van der Waals surface area contributed by atoms with Gasteiger partial charge in [0, 0.05) is 25.4 Å². The van der Waals surface area contributed by atoms with Gasteiger partial charge in [-0.1, -0.05) is 11.6 Å². The molecule has 1 unspecified atom stereocenters. The molecule has 130 valence electrons. The Bertz CT molecular complexity index is 820. The number of hydrogen-bond donors (Lipinski definition) is 0. The zero-order chi connectivity index (χ0) is 17.9. The first-order chi connectivity index (χ1) is 11.2. The number of sulfone groups is 1. The molecule has 9 heteroatoms. The van der Waals surface area contributed by atoms with Crippen LogP contribution >= 0.6 is 11.6 Å². The fourth-order valence-corrected chi connectivity index (χ4v) is 2.81. The monoisotopic (exact) mass is 370 g/mol. The molecular formula is C15H19ClN4O3S. The summed E-state index contributed by atoms with van der Waals surface area (Å²) in [4.78, 5) is 17.9. The van der Waals surface area contributed by atoms with Crippen molar-refractivity contribution in [2.75, 3.05) is 17.7 Å². The van der Waals surface area contributed by atoms with Crippen molar-refractivity contribution in [3.63, 3.8) is 0 Å². The number of carbonyl (C=O) groups excluding carboxylic acids is 1. The molecule has 24 heavy (non-hydrogen) atoms. The second kappa shape index (κ2) is 7.31. The second-order valence-electron chi connectivity index (χ2n) is 5.44. The van der Waals surface area contributed by atoms with Gasteiger partial charge >= 0.3 is 0 Å². The Hall–Kier alpha value is -1.93. The summed E-state index contributed by atoms with van der Waals surface area (Å²) in [6, 6.07) is 3.57. The van der Waals surface area contributed by atoms with Crippen molar-refractivity contribution < 1.29 is 13.2 Å². The highest BCUT2D eigenvalue weighted by atomic mass is 35.5. The highest BCUT2D eigenvalue weighted by Gasteiger charge is 2.25. The zero-order valence-corrected chi connectivity index (χ0v) is 15.3. The molecular weight excluding hydrogens is 352 g/mol. The van der Waals surface area contributed by atoms with Crippen LogP contribution in [-0.4, -0.2) is 47.1 Å². The lowest BCUT2D eigenvalue weighted by Crippen LogP contribution is -2.34. The number of nitrogens with zero attached hydrogens (tertiary/aromatic N) is 4. The number of amides is 1. The molecule has 0 radical (unpaired) electrons. The van der Waals surface area contributed by atoms with Crippen molar-refractivity contribution in [3.8, 4) is 5.69 Å². The zero-order valence-electron chi connectivity index (χ0n) is 13.7. The molecule has 1 atom stereocenters. The van der Waals surface area contributed by atoms with Crippen molar-refractivity contribution in [2.45, 2.75) is 25.5 Å². The van der Waals surface area contributed by atoms with E-state index in [0.29, 0.717) is 17.9 Å². The maximum absolute atomic E-state index is 12.5. The van der Waals surface area contributed by atoms with Crippen LogP contribution in [-0.2, 0) is 14.6 Å². The Kier molecular flexibility index (Phi) is 5.61. The second-order valence-corrected chi connectivity index (χ2v) is 8.27. The first-order valence-corrected chi connectivity index (χ1v) is 9.72. The molecule has 7 nitrogen and oxygen atoms in total. The molecule has 1 amide bonds. The van der Waals surface area contributed by atoms with Crippen LogP contribution in [0.5, 0.6) is 0 Å². The van der Waals surface area contributed by atoms with E-state index < -0.39 is 15.1 Å². The first kappa shape index (κ1) is 18.4. The summed E-state index contributed by atoms with van der Waals surface area (Å²) in [5.41, 5.74) is 1.15. The Morgan fingerprint density at radius 1 is 1.46 bits per heavy atom. The van der Waals surface area contributed by atoms with Crippen LogP contribution in [0.15, 0.2) is 30.7 Å². The number of carbonyl (C=O) groups is 1. The van der Waals surface area contributed by atoms with Crippen molar-refractivity contribution in [1.82, 2.24) is 14.8 Å². The molecule has 0 aromatic carbocycles. The summed E-state index contributed by atoms with van der Waals surface area (Å²) >= 11 is 6.17. The van der Waals surface area contributed by atoms with Crippen LogP contribution < -0.4 is 4.90 Å². The molecule has 0 N–H and O–H groups in total. The SMILES string of the molecule is CCN(C(=O)CC(C)S(C)(=O)=O)c1cn(-c2cccnc2)nc1Cl. The van der Waals surface area contributed by atoms with Crippen molar-refractivity contribution in [1.29, 1.82) is 0 Å². The summed E-state index contributed by atoms with van der Waals surface area (Å²) in [6.45, 7) is 3.66. The third-order valence-corrected chi connectivity index (χ3v) is 5.56. The van der Waals surface area contributed by atoms with Crippen molar-refractivity contribution in [2.24, 2.45) is 0 Å². The van der Waals surface area contributed by atoms with Gasteiger partial charge in [0.2, 0.25) is 5.91 Å². The van der Waals surface area contributed by atoms with E-state index in [9.17, 15) is 13.2 Å². The van der Waals surface area contributed by atoms with Gasteiger partial charge in [0.1, 0.15) is 5.69 Å². The summed E-state index contributed by atoms with van der Waals surface area (Å²) in [5, 5.41) is 3.60. The van der Waals surface area contributed by atoms with Crippen LogP contribution in [0.1, 0.15) is 20.3 Å². The topological polar surface area (TPSA) is 85.2 Å². The maximum Gasteiger partial charge on any atom is 0.228 e. The lowest BCUT2D eigenvalue weighted by molar-refractivity contribution is -0.118. The molecule has 2 aromatic rings. The average Bonchev–Trinajstić information content (AvgIpc) is 2.90. The maximum atomic E-state index is 12.5. The minimum Gasteiger partial charge on any atom is -0.308 e. The quantitative estimate of drug-likeness (QED) is 0.777. The minimum atomic E-state index is -3.28. The first-order valence-electron chi connectivity index (χ1n) is 7.38. The molecule has 0 saturated heterocycles. The van der Waals surface area contributed by atoms with Crippen LogP contribution in [0.2, 0.25) is 5.15 Å². The number of pyridine rings is 1. The van der Waals surface area contributed by atoms with Gasteiger partial charge in [0.15, 0.2) is 15.0 Å². The van der Waals surface area contributed by atoms with E-state index in [0.717, 1.165) is 6.26 Å². The van der Waals surface area contributed by atoms with Crippen LogP contribution in [0.3, 0.4) is 0 Å². The normalized spacial score (nSPS) is 12.8. The average molecular weight is 371 g/mol. The van der Waals surface area contributed by atoms with E-state index in [2.05, 4.69) is 10.1 Å². The number of aromatic nitrogens is 3. The molecule has 2 rings (SSSR count). The van der Waals surface area contributed by atoms with E-state index in [4.69, 9.17) is 11.6 Å². The third-order valence-electron chi connectivity index (χ3n) is 3.66. The van der Waals surface area contributed by atoms with E-state index in [1.54, 1.807) is 31.6 Å². The van der Waals surface area contributed by atoms with Gasteiger partial charge in [-0.25, -0.2) is 13.1 Å². The molecule has 0 fully saturated rings. The molecule has 0 aliphatic carbocycles. The number of halogens is 1. The van der Waals surface area contributed by atoms with E-state index in [1.165, 1.54) is 16.5 Å². The Labute approximate surface area is 146 Å². The number of rotatable bonds is 6. The molecule has 0 aliphatic rings. The minimum absolute atomic E-state index is 0.110. The summed E-state index contributed by atoms with van der Waals surface area (Å²) < 4.78 is 24.6. The number of hydrogen-bond acceptors (Lipinski definition) is 5. The van der Waals surface area contributed by atoms with Gasteiger partial charge in [-0.15, -0.1) is 0 Å². The van der Waals surface area contributed by atoms with Crippen LogP contribution in [0.4, 0.5) is 5.69 Å². The van der Waals surface area contributed by atoms with E-state index >= 15 is 0 Å². The predicted octanol–water partition coefficient (Wildman–Crippen LogP) is 2.10. The standard InChI is InChI=1S/C15H19ClN4O3S/c1-4-19(14(21)8-11(2)24(3,22)23)13-10-20(18-15(13)16)12-6-5-7-17-9-12/h5-7,9-11H,4,8H2,1-3H3. The smallest absolute Gasteiger partial charge is 0.228 e. The molecule has 2 heterocycles. The van der Waals surface area contributed by atoms with Crippen molar-refractivity contribution in [3.05, 3.63) is 35.9 Å². The fraction of sp³-hybridized carbons (Fsp3) is 0.400. The summed E-state index contributed by atoms with van der Waals surface area (Å²) in [6.07, 6.45) is 5.91. The van der Waals surface area contributed by atoms with E-state index in [-0.39, 0.29) is 17.5 Å². The largest absolute Gasteiger partial charge is 0.308 e. The lowest BCUT2D eigenvalue weighted by atomic mass is 10.3. The van der Waals surface area contributed by atoms with Gasteiger partial charge < -0.3 is 4.90 Å². The highest BCUT2D eigenvalue weighted by Crippen LogP contribution is 2.27. The molecule has 0 bridgehead atoms. The summed E-state index contributed by atoms with van der Waals surface area (Å²) in [5.74, 6) is -0.317. The molecule has 0 spiro atoms. The van der Waals surface area contributed by atoms with Crippen LogP contribution in [0.25, 0.3) is 5.69 Å². The fourth-order valence-electron chi connectivity index (χ4n) is 2.13. The van der Waals surface area contributed by atoms with Gasteiger partial charge in [-0.05, 0) is 26.0 Å². The highest BCUT2D eigenvalue weighted by molar-refractivity contribution is 7.91. The van der Waals surface area contributed by atoms with E-state index in [1.807, 2.05) is 6.07 Å². The van der Waals surface area contributed by atoms with Crippen molar-refractivity contribution >= 4 is 33.0 Å². The van der Waals surface area contributed by atoms with Gasteiger partial charge in [0.25, 0.3) is 0 Å². The molecule has 2 aromatic heterocycles. The predicted molar refractivity (Wildman–Crippen MR) is 93.3 cm³/mol.